The topological polar surface area (TPSA) is 74.6 Å². The smallest absolute Gasteiger partial charge is 0.190 e. The van der Waals surface area contributed by atoms with Gasteiger partial charge in [-0.3, -0.25) is 9.59 Å². The zero-order valence-electron chi connectivity index (χ0n) is 15.7. The van der Waals surface area contributed by atoms with E-state index in [1.54, 1.807) is 12.2 Å². The summed E-state index contributed by atoms with van der Waals surface area (Å²) < 4.78 is 0. The highest BCUT2D eigenvalue weighted by Gasteiger charge is 2.72. The van der Waals surface area contributed by atoms with Crippen LogP contribution in [0.1, 0.15) is 46.0 Å². The Hall–Kier alpha value is -0.680. The number of alkyl halides is 2. The van der Waals surface area contributed by atoms with Crippen molar-refractivity contribution in [3.63, 3.8) is 0 Å². The molecule has 4 aliphatic carbocycles. The van der Waals surface area contributed by atoms with Crippen LogP contribution in [0.2, 0.25) is 0 Å². The van der Waals surface area contributed by atoms with Gasteiger partial charge < -0.3 is 10.2 Å². The molecule has 6 heteroatoms. The van der Waals surface area contributed by atoms with Gasteiger partial charge in [0, 0.05) is 10.8 Å². The zero-order chi connectivity index (χ0) is 19.8. The van der Waals surface area contributed by atoms with Gasteiger partial charge in [0.1, 0.15) is 12.2 Å². The average Bonchev–Trinajstić information content (AvgIpc) is 2.88. The second-order valence-corrected chi connectivity index (χ2v) is 10.3. The van der Waals surface area contributed by atoms with E-state index in [1.807, 2.05) is 13.0 Å². The van der Waals surface area contributed by atoms with Crippen LogP contribution in [0.15, 0.2) is 23.8 Å². The van der Waals surface area contributed by atoms with Crippen molar-refractivity contribution in [1.29, 1.82) is 0 Å². The van der Waals surface area contributed by atoms with Crippen LogP contribution in [0.25, 0.3) is 0 Å². The van der Waals surface area contributed by atoms with Gasteiger partial charge in [-0.25, -0.2) is 0 Å². The van der Waals surface area contributed by atoms with Gasteiger partial charge in [-0.1, -0.05) is 25.5 Å². The fourth-order valence-corrected chi connectivity index (χ4v) is 7.97. The number of rotatable bonds is 2. The van der Waals surface area contributed by atoms with Crippen molar-refractivity contribution in [2.24, 2.45) is 22.7 Å². The Bertz CT molecular complexity index is 776. The minimum atomic E-state index is -1.56. The second kappa shape index (κ2) is 5.91. The van der Waals surface area contributed by atoms with Crippen molar-refractivity contribution in [2.75, 3.05) is 6.61 Å². The first-order valence-corrected chi connectivity index (χ1v) is 10.5. The van der Waals surface area contributed by atoms with Crippen LogP contribution in [-0.2, 0) is 9.59 Å². The minimum absolute atomic E-state index is 0.0148. The number of aliphatic hydroxyl groups excluding tert-OH is 1. The molecule has 3 saturated carbocycles. The molecule has 0 saturated heterocycles. The van der Waals surface area contributed by atoms with E-state index in [1.165, 1.54) is 0 Å². The largest absolute Gasteiger partial charge is 0.388 e. The average molecular weight is 413 g/mol. The maximum absolute atomic E-state index is 12.4. The van der Waals surface area contributed by atoms with Gasteiger partial charge in [0.2, 0.25) is 0 Å². The quantitative estimate of drug-likeness (QED) is 0.682. The number of aliphatic hydroxyl groups is 2. The molecule has 0 aromatic carbocycles. The summed E-state index contributed by atoms with van der Waals surface area (Å²) in [5.74, 6) is -0.489. The molecule has 27 heavy (non-hydrogen) atoms. The summed E-state index contributed by atoms with van der Waals surface area (Å²) in [4.78, 5) is 23.6. The maximum Gasteiger partial charge on any atom is 0.190 e. The second-order valence-electron chi connectivity index (χ2n) is 9.20. The summed E-state index contributed by atoms with van der Waals surface area (Å²) in [6.45, 7) is 3.31. The van der Waals surface area contributed by atoms with E-state index in [-0.39, 0.29) is 17.6 Å². The Morgan fingerprint density at radius 1 is 1.30 bits per heavy atom. The number of carbonyl (C=O) groups excluding carboxylic acids is 2. The lowest BCUT2D eigenvalue weighted by molar-refractivity contribution is -0.161. The molecule has 2 N–H and O–H groups in total. The van der Waals surface area contributed by atoms with E-state index in [9.17, 15) is 19.8 Å². The molecule has 0 bridgehead atoms. The van der Waals surface area contributed by atoms with E-state index in [0.717, 1.165) is 18.4 Å². The first-order valence-electron chi connectivity index (χ1n) is 9.68. The number of ketones is 2. The number of hydrogen-bond acceptors (Lipinski definition) is 4. The van der Waals surface area contributed by atoms with Crippen molar-refractivity contribution in [2.45, 2.75) is 61.8 Å². The highest BCUT2D eigenvalue weighted by atomic mass is 35.5. The Balaban J connectivity index is 1.81. The monoisotopic (exact) mass is 412 g/mol. The lowest BCUT2D eigenvalue weighted by Gasteiger charge is -2.63. The van der Waals surface area contributed by atoms with Crippen molar-refractivity contribution in [3.05, 3.63) is 23.8 Å². The molecule has 0 radical (unpaired) electrons. The lowest BCUT2D eigenvalue weighted by atomic mass is 9.46. The molecular formula is C21H26Cl2O4. The van der Waals surface area contributed by atoms with E-state index in [4.69, 9.17) is 23.2 Å². The van der Waals surface area contributed by atoms with Crippen LogP contribution >= 0.6 is 23.2 Å². The minimum Gasteiger partial charge on any atom is -0.388 e. The molecular weight excluding hydrogens is 387 g/mol. The molecule has 4 aliphatic rings. The maximum atomic E-state index is 12.4. The molecule has 0 aromatic rings. The van der Waals surface area contributed by atoms with E-state index in [0.29, 0.717) is 19.3 Å². The molecule has 148 valence electrons. The SMILES string of the molecule is C[C@]12C=CC(=O)C=C1CC[C@@H]1[C@H]3CC[C@@](O)(C(=O)CO)[C@]3(C)C[C@H](Cl)[C@]12Cl. The molecule has 4 nitrogen and oxygen atoms in total. The van der Waals surface area contributed by atoms with Crippen LogP contribution in [-0.4, -0.2) is 44.2 Å². The van der Waals surface area contributed by atoms with Gasteiger partial charge in [0.25, 0.3) is 0 Å². The fourth-order valence-electron chi connectivity index (χ4n) is 6.74. The number of carbonyl (C=O) groups is 2. The van der Waals surface area contributed by atoms with Crippen LogP contribution in [0, 0.1) is 22.7 Å². The third-order valence-electron chi connectivity index (χ3n) is 8.35. The van der Waals surface area contributed by atoms with Crippen LogP contribution in [0.4, 0.5) is 0 Å². The first kappa shape index (κ1) is 19.6. The Morgan fingerprint density at radius 3 is 2.67 bits per heavy atom. The van der Waals surface area contributed by atoms with Crippen molar-refractivity contribution in [3.8, 4) is 0 Å². The molecule has 0 heterocycles. The van der Waals surface area contributed by atoms with E-state index < -0.39 is 39.1 Å². The van der Waals surface area contributed by atoms with Crippen LogP contribution < -0.4 is 0 Å². The van der Waals surface area contributed by atoms with E-state index in [2.05, 4.69) is 6.92 Å². The van der Waals surface area contributed by atoms with Crippen molar-refractivity contribution < 1.29 is 19.8 Å². The molecule has 4 rings (SSSR count). The van der Waals surface area contributed by atoms with Gasteiger partial charge in [-0.2, -0.15) is 0 Å². The van der Waals surface area contributed by atoms with Gasteiger partial charge >= 0.3 is 0 Å². The summed E-state index contributed by atoms with van der Waals surface area (Å²) in [7, 11) is 0. The Morgan fingerprint density at radius 2 is 2.00 bits per heavy atom. The van der Waals surface area contributed by atoms with Gasteiger partial charge in [0.15, 0.2) is 11.6 Å². The predicted molar refractivity (Wildman–Crippen MR) is 104 cm³/mol. The highest BCUT2D eigenvalue weighted by molar-refractivity contribution is 6.34. The molecule has 0 spiro atoms. The predicted octanol–water partition coefficient (Wildman–Crippen LogP) is 3.17. The summed E-state index contributed by atoms with van der Waals surface area (Å²) in [6.07, 6.45) is 8.11. The van der Waals surface area contributed by atoms with Gasteiger partial charge in [-0.15, -0.1) is 23.2 Å². The summed E-state index contributed by atoms with van der Waals surface area (Å²) in [5.41, 5.74) is -1.78. The van der Waals surface area contributed by atoms with Gasteiger partial charge in [0.05, 0.1) is 10.3 Å². The molecule has 7 atom stereocenters. The Kier molecular flexibility index (Phi) is 4.30. The number of allylic oxidation sites excluding steroid dienone is 4. The summed E-state index contributed by atoms with van der Waals surface area (Å²) in [6, 6.07) is 0. The van der Waals surface area contributed by atoms with Crippen LogP contribution in [0.5, 0.6) is 0 Å². The third kappa shape index (κ3) is 2.19. The summed E-state index contributed by atoms with van der Waals surface area (Å²) >= 11 is 14.3. The number of halogens is 2. The zero-order valence-corrected chi connectivity index (χ0v) is 17.2. The fraction of sp³-hybridized carbons (Fsp3) is 0.714. The normalized spacial score (nSPS) is 51.3. The molecule has 0 aromatic heterocycles. The highest BCUT2D eigenvalue weighted by Crippen LogP contribution is 2.71. The van der Waals surface area contributed by atoms with E-state index >= 15 is 0 Å². The number of fused-ring (bicyclic) bond motifs is 5. The Labute approximate surface area is 169 Å². The standard InChI is InChI=1S/C21H26Cl2O4/c1-18-7-5-13(25)9-12(18)3-4-15-14-6-8-20(27,17(26)11-24)19(14,2)10-16(22)21(15,18)23/h5,7,9,14-16,24,27H,3-4,6,8,10-11H2,1-2H3/t14-,15-,16+,18+,19-,20-,21-/m1/s1. The molecule has 0 aliphatic heterocycles. The lowest BCUT2D eigenvalue weighted by Crippen LogP contribution is -2.67. The van der Waals surface area contributed by atoms with Gasteiger partial charge in [-0.05, 0) is 56.1 Å². The first-order chi connectivity index (χ1) is 12.5. The number of hydrogen-bond donors (Lipinski definition) is 2. The van der Waals surface area contributed by atoms with Crippen molar-refractivity contribution in [1.82, 2.24) is 0 Å². The molecule has 0 amide bonds. The van der Waals surface area contributed by atoms with Crippen LogP contribution in [0.3, 0.4) is 0 Å². The van der Waals surface area contributed by atoms with Crippen molar-refractivity contribution >= 4 is 34.8 Å². The summed E-state index contributed by atoms with van der Waals surface area (Å²) in [5, 5.41) is 20.2. The number of Topliss-reactive ketones (excluding diaryl/α,β-unsaturated/α-hetero) is 1. The molecule has 0 unspecified atom stereocenters. The third-order valence-corrected chi connectivity index (χ3v) is 9.90. The molecule has 3 fully saturated rings.